The highest BCUT2D eigenvalue weighted by Crippen LogP contribution is 2.46. The Hall–Kier alpha value is -5.00. The molecule has 294 valence electrons. The standard InChI is InChI=1S/C45H53N5O6/c1-2-31-14-9-12-22-36(31)41-42(50-39(30-55-45(50)54)33-16-5-3-6-17-33)44(53)49(41)38(43(52)46-37-23-13-18-32-15-10-11-21-35(32)37)24-25-40(51)56-48-28-26-47(27-29-48)34-19-7-4-8-20-34/h2-3,5-6,9-12,14-17,21-22,34,37-39,41-42H,1,4,7-8,13,18-20,23-30H2,(H,46,52)/t37-,38+,39-,41-,42+/m1/s1. The molecule has 4 fully saturated rings. The summed E-state index contributed by atoms with van der Waals surface area (Å²) in [7, 11) is 0. The van der Waals surface area contributed by atoms with E-state index in [1.54, 1.807) is 16.0 Å². The van der Waals surface area contributed by atoms with E-state index in [1.807, 2.05) is 66.7 Å². The van der Waals surface area contributed by atoms with Crippen LogP contribution in [0, 0.1) is 0 Å². The van der Waals surface area contributed by atoms with Crippen molar-refractivity contribution in [3.05, 3.63) is 113 Å². The van der Waals surface area contributed by atoms with Gasteiger partial charge >= 0.3 is 12.1 Å². The Morgan fingerprint density at radius 3 is 2.32 bits per heavy atom. The predicted molar refractivity (Wildman–Crippen MR) is 212 cm³/mol. The normalized spacial score (nSPS) is 25.1. The maximum absolute atomic E-state index is 14.8. The van der Waals surface area contributed by atoms with Crippen molar-refractivity contribution in [3.8, 4) is 0 Å². The molecule has 3 aliphatic heterocycles. The number of fused-ring (bicyclic) bond motifs is 1. The second-order valence-electron chi connectivity index (χ2n) is 15.8. The number of ether oxygens (including phenoxy) is 1. The van der Waals surface area contributed by atoms with Crippen molar-refractivity contribution in [2.75, 3.05) is 32.8 Å². The van der Waals surface area contributed by atoms with Crippen molar-refractivity contribution in [1.29, 1.82) is 0 Å². The van der Waals surface area contributed by atoms with Gasteiger partial charge in [0.05, 0.1) is 18.1 Å². The summed E-state index contributed by atoms with van der Waals surface area (Å²) in [5.74, 6) is -1.14. The number of hydrogen-bond donors (Lipinski definition) is 1. The Labute approximate surface area is 329 Å². The summed E-state index contributed by atoms with van der Waals surface area (Å²) in [6.07, 6.45) is 10.1. The number of carbonyl (C=O) groups is 4. The highest BCUT2D eigenvalue weighted by molar-refractivity contribution is 5.98. The van der Waals surface area contributed by atoms with Crippen LogP contribution in [0.4, 0.5) is 4.79 Å². The first kappa shape index (κ1) is 37.9. The highest BCUT2D eigenvalue weighted by atomic mass is 16.7. The number of rotatable bonds is 12. The molecule has 3 saturated heterocycles. The molecule has 56 heavy (non-hydrogen) atoms. The largest absolute Gasteiger partial charge is 0.447 e. The quantitative estimate of drug-likeness (QED) is 0.208. The summed E-state index contributed by atoms with van der Waals surface area (Å²) in [4.78, 5) is 68.1. The molecule has 1 N–H and O–H groups in total. The topological polar surface area (TPSA) is 112 Å². The van der Waals surface area contributed by atoms with Crippen LogP contribution in [-0.4, -0.2) is 94.6 Å². The summed E-state index contributed by atoms with van der Waals surface area (Å²) >= 11 is 0. The van der Waals surface area contributed by atoms with Gasteiger partial charge in [-0.25, -0.2) is 4.79 Å². The molecule has 0 radical (unpaired) electrons. The summed E-state index contributed by atoms with van der Waals surface area (Å²) < 4.78 is 5.60. The third kappa shape index (κ3) is 7.71. The minimum absolute atomic E-state index is 0.0544. The number of cyclic esters (lactones) is 1. The molecule has 5 atom stereocenters. The van der Waals surface area contributed by atoms with Crippen molar-refractivity contribution in [2.45, 2.75) is 100 Å². The van der Waals surface area contributed by atoms with Gasteiger partial charge in [-0.3, -0.25) is 24.2 Å². The zero-order valence-corrected chi connectivity index (χ0v) is 32.1. The van der Waals surface area contributed by atoms with Crippen molar-refractivity contribution in [3.63, 3.8) is 0 Å². The molecule has 3 aromatic carbocycles. The number of nitrogens with zero attached hydrogens (tertiary/aromatic N) is 4. The maximum Gasteiger partial charge on any atom is 0.411 e. The third-order valence-corrected chi connectivity index (χ3v) is 12.6. The van der Waals surface area contributed by atoms with Gasteiger partial charge in [-0.15, -0.1) is 5.06 Å². The highest BCUT2D eigenvalue weighted by Gasteiger charge is 2.59. The van der Waals surface area contributed by atoms with Crippen molar-refractivity contribution >= 4 is 30.0 Å². The van der Waals surface area contributed by atoms with Crippen LogP contribution in [0.5, 0.6) is 0 Å². The van der Waals surface area contributed by atoms with E-state index in [9.17, 15) is 19.2 Å². The molecule has 0 unspecified atom stereocenters. The number of carbonyl (C=O) groups excluding carboxylic acids is 4. The van der Waals surface area contributed by atoms with Crippen LogP contribution in [0.1, 0.15) is 104 Å². The predicted octanol–water partition coefficient (Wildman–Crippen LogP) is 6.53. The Kier molecular flexibility index (Phi) is 11.5. The second kappa shape index (κ2) is 17.0. The summed E-state index contributed by atoms with van der Waals surface area (Å²) in [6.45, 7) is 7.12. The Balaban J connectivity index is 1.06. The van der Waals surface area contributed by atoms with E-state index in [1.165, 1.54) is 42.6 Å². The van der Waals surface area contributed by atoms with Gasteiger partial charge in [0.25, 0.3) is 0 Å². The van der Waals surface area contributed by atoms with Gasteiger partial charge < -0.3 is 19.8 Å². The molecule has 11 nitrogen and oxygen atoms in total. The number of aryl methyl sites for hydroxylation is 1. The molecule has 2 aliphatic carbocycles. The van der Waals surface area contributed by atoms with Crippen LogP contribution in [0.15, 0.2) is 85.4 Å². The molecule has 11 heteroatoms. The molecule has 0 spiro atoms. The van der Waals surface area contributed by atoms with Gasteiger partial charge in [-0.05, 0) is 66.3 Å². The summed E-state index contributed by atoms with van der Waals surface area (Å²) in [5.41, 5.74) is 4.68. The molecule has 5 aliphatic rings. The molecule has 8 rings (SSSR count). The van der Waals surface area contributed by atoms with Gasteiger partial charge in [-0.2, -0.15) is 0 Å². The Bertz CT molecular complexity index is 1910. The monoisotopic (exact) mass is 759 g/mol. The molecule has 3 aromatic rings. The van der Waals surface area contributed by atoms with Gasteiger partial charge in [-0.1, -0.05) is 111 Å². The zero-order chi connectivity index (χ0) is 38.6. The third-order valence-electron chi connectivity index (χ3n) is 12.6. The SMILES string of the molecule is C=Cc1ccccc1[C@@H]1[C@H](N2C(=O)OC[C@@H]2c2ccccc2)C(=O)N1[C@@H](CCC(=O)ON1CCN(C2CCCCC2)CC1)C(=O)N[C@@H]1CCCc2ccccc21. The summed E-state index contributed by atoms with van der Waals surface area (Å²) in [5, 5.41) is 5.03. The number of nitrogens with one attached hydrogen (secondary N) is 1. The van der Waals surface area contributed by atoms with E-state index in [0.29, 0.717) is 19.1 Å². The fraction of sp³-hybridized carbons (Fsp3) is 0.467. The van der Waals surface area contributed by atoms with Crippen LogP contribution in [0.2, 0.25) is 0 Å². The number of β-lactam (4-membered cyclic amide) rings is 1. The van der Waals surface area contributed by atoms with Crippen LogP contribution in [0.25, 0.3) is 6.08 Å². The van der Waals surface area contributed by atoms with E-state index >= 15 is 0 Å². The number of hydrogen-bond acceptors (Lipinski definition) is 8. The average Bonchev–Trinajstić information content (AvgIpc) is 3.61. The fourth-order valence-electron chi connectivity index (χ4n) is 9.69. The summed E-state index contributed by atoms with van der Waals surface area (Å²) in [6, 6.07) is 22.5. The molecule has 0 bridgehead atoms. The van der Waals surface area contributed by atoms with E-state index < -0.39 is 36.2 Å². The minimum atomic E-state index is -1.01. The van der Waals surface area contributed by atoms with Gasteiger partial charge in [0.15, 0.2) is 0 Å². The van der Waals surface area contributed by atoms with Gasteiger partial charge in [0, 0.05) is 38.6 Å². The van der Waals surface area contributed by atoms with Crippen LogP contribution < -0.4 is 5.32 Å². The molecule has 3 amide bonds. The van der Waals surface area contributed by atoms with Gasteiger partial charge in [0.1, 0.15) is 18.7 Å². The number of piperazine rings is 1. The molecule has 0 aromatic heterocycles. The number of likely N-dealkylation sites (tertiary alicyclic amines) is 1. The van der Waals surface area contributed by atoms with Gasteiger partial charge in [0.2, 0.25) is 11.8 Å². The number of benzene rings is 3. The first-order valence-electron chi connectivity index (χ1n) is 20.5. The van der Waals surface area contributed by atoms with E-state index in [0.717, 1.165) is 54.6 Å². The van der Waals surface area contributed by atoms with Crippen molar-refractivity contribution in [1.82, 2.24) is 25.1 Å². The van der Waals surface area contributed by atoms with Crippen molar-refractivity contribution in [2.24, 2.45) is 0 Å². The minimum Gasteiger partial charge on any atom is -0.447 e. The first-order valence-corrected chi connectivity index (χ1v) is 20.5. The fourth-order valence-corrected chi connectivity index (χ4v) is 9.69. The number of hydroxylamine groups is 2. The van der Waals surface area contributed by atoms with E-state index in [-0.39, 0.29) is 37.3 Å². The lowest BCUT2D eigenvalue weighted by Crippen LogP contribution is -2.70. The average molecular weight is 760 g/mol. The molecule has 3 heterocycles. The number of amides is 3. The Morgan fingerprint density at radius 1 is 0.839 bits per heavy atom. The van der Waals surface area contributed by atoms with E-state index in [2.05, 4.69) is 28.9 Å². The lowest BCUT2D eigenvalue weighted by Gasteiger charge is -2.54. The smallest absolute Gasteiger partial charge is 0.411 e. The van der Waals surface area contributed by atoms with Crippen LogP contribution in [0.3, 0.4) is 0 Å². The van der Waals surface area contributed by atoms with Crippen molar-refractivity contribution < 1.29 is 28.8 Å². The molecular weight excluding hydrogens is 707 g/mol. The van der Waals surface area contributed by atoms with Crippen LogP contribution >= 0.6 is 0 Å². The second-order valence-corrected chi connectivity index (χ2v) is 15.8. The Morgan fingerprint density at radius 2 is 1.55 bits per heavy atom. The molecular formula is C45H53N5O6. The zero-order valence-electron chi connectivity index (χ0n) is 32.1. The lowest BCUT2D eigenvalue weighted by molar-refractivity contribution is -0.199. The lowest BCUT2D eigenvalue weighted by atomic mass is 9.81. The molecule has 1 saturated carbocycles. The first-order chi connectivity index (χ1) is 27.4. The van der Waals surface area contributed by atoms with Crippen LogP contribution in [-0.2, 0) is 30.4 Å². The maximum atomic E-state index is 14.8. The van der Waals surface area contributed by atoms with E-state index in [4.69, 9.17) is 9.57 Å².